The highest BCUT2D eigenvalue weighted by molar-refractivity contribution is 5.86. The van der Waals surface area contributed by atoms with E-state index in [2.05, 4.69) is 4.98 Å². The number of carbonyl (C=O) groups is 2. The fraction of sp³-hybridized carbons (Fsp3) is 0.417. The second-order valence-corrected chi connectivity index (χ2v) is 4.77. The maximum Gasteiger partial charge on any atom is 0.354 e. The second kappa shape index (κ2) is 5.73. The van der Waals surface area contributed by atoms with Crippen molar-refractivity contribution in [1.82, 2.24) is 4.98 Å². The number of aromatic nitrogens is 1. The highest BCUT2D eigenvalue weighted by Crippen LogP contribution is 2.29. The van der Waals surface area contributed by atoms with Crippen molar-refractivity contribution < 1.29 is 19.6 Å². The quantitative estimate of drug-likeness (QED) is 0.604. The van der Waals surface area contributed by atoms with Crippen LogP contribution in [0.15, 0.2) is 12.1 Å². The summed E-state index contributed by atoms with van der Waals surface area (Å²) in [5.41, 5.74) is 4.73. The number of nitro groups is 1. The molecule has 0 aliphatic carbocycles. The first-order valence-electron chi connectivity index (χ1n) is 6.33. The molecule has 0 aromatic carbocycles. The summed E-state index contributed by atoms with van der Waals surface area (Å²) in [6.45, 7) is 0.731. The number of anilines is 1. The molecule has 112 valence electrons. The van der Waals surface area contributed by atoms with Gasteiger partial charge in [0, 0.05) is 25.1 Å². The van der Waals surface area contributed by atoms with Gasteiger partial charge in [-0.05, 0) is 18.9 Å². The number of nitrogens with zero attached hydrogens (tertiary/aromatic N) is 3. The van der Waals surface area contributed by atoms with E-state index in [4.69, 9.17) is 10.8 Å². The Kier molecular flexibility index (Phi) is 4.01. The molecule has 0 atom stereocenters. The van der Waals surface area contributed by atoms with Crippen molar-refractivity contribution in [1.29, 1.82) is 0 Å². The molecule has 2 rings (SSSR count). The number of pyridine rings is 1. The van der Waals surface area contributed by atoms with Gasteiger partial charge in [0.2, 0.25) is 11.7 Å². The topological polar surface area (TPSA) is 140 Å². The normalized spacial score (nSPS) is 15.7. The SMILES string of the molecule is NC(=O)C1CCN(c2nc(C(=O)O)ccc2[N+](=O)[O-])CC1. The standard InChI is InChI=1S/C12H14N4O5/c13-10(17)7-3-5-15(6-4-7)11-9(16(20)21)2-1-8(14-11)12(18)19/h1-2,7H,3-6H2,(H2,13,17)(H,18,19). The molecular formula is C12H14N4O5. The van der Waals surface area contributed by atoms with Crippen molar-refractivity contribution in [3.8, 4) is 0 Å². The van der Waals surface area contributed by atoms with E-state index in [9.17, 15) is 19.7 Å². The molecule has 1 fully saturated rings. The van der Waals surface area contributed by atoms with Gasteiger partial charge in [0.25, 0.3) is 0 Å². The van der Waals surface area contributed by atoms with Gasteiger partial charge in [0.15, 0.2) is 5.69 Å². The van der Waals surface area contributed by atoms with Crippen LogP contribution in [-0.2, 0) is 4.79 Å². The van der Waals surface area contributed by atoms with Crippen LogP contribution in [0.4, 0.5) is 11.5 Å². The van der Waals surface area contributed by atoms with Crippen LogP contribution in [0.3, 0.4) is 0 Å². The molecule has 2 heterocycles. The summed E-state index contributed by atoms with van der Waals surface area (Å²) in [4.78, 5) is 38.0. The molecule has 3 N–H and O–H groups in total. The number of primary amides is 1. The predicted octanol–water partition coefficient (Wildman–Crippen LogP) is 0.390. The highest BCUT2D eigenvalue weighted by Gasteiger charge is 2.29. The summed E-state index contributed by atoms with van der Waals surface area (Å²) in [5, 5.41) is 20.0. The van der Waals surface area contributed by atoms with Crippen LogP contribution < -0.4 is 10.6 Å². The number of rotatable bonds is 4. The Morgan fingerprint density at radius 3 is 2.48 bits per heavy atom. The van der Waals surface area contributed by atoms with E-state index in [0.29, 0.717) is 25.9 Å². The number of nitrogens with two attached hydrogens (primary N) is 1. The van der Waals surface area contributed by atoms with Crippen molar-refractivity contribution in [2.45, 2.75) is 12.8 Å². The summed E-state index contributed by atoms with van der Waals surface area (Å²) in [7, 11) is 0. The van der Waals surface area contributed by atoms with E-state index >= 15 is 0 Å². The van der Waals surface area contributed by atoms with E-state index in [0.717, 1.165) is 12.1 Å². The van der Waals surface area contributed by atoms with Gasteiger partial charge < -0.3 is 15.7 Å². The monoisotopic (exact) mass is 294 g/mol. The van der Waals surface area contributed by atoms with Gasteiger partial charge in [-0.2, -0.15) is 0 Å². The molecule has 0 bridgehead atoms. The molecule has 0 unspecified atom stereocenters. The minimum absolute atomic E-state index is 0.0165. The van der Waals surface area contributed by atoms with Gasteiger partial charge in [-0.15, -0.1) is 0 Å². The number of carboxylic acids is 1. The molecule has 1 aliphatic rings. The fourth-order valence-electron chi connectivity index (χ4n) is 2.31. The maximum atomic E-state index is 11.1. The summed E-state index contributed by atoms with van der Waals surface area (Å²) in [6, 6.07) is 2.23. The Morgan fingerprint density at radius 1 is 1.38 bits per heavy atom. The molecule has 1 aromatic rings. The Balaban J connectivity index is 2.29. The third-order valence-electron chi connectivity index (χ3n) is 3.47. The summed E-state index contributed by atoms with van der Waals surface area (Å²) in [5.74, 6) is -1.89. The van der Waals surface area contributed by atoms with Crippen molar-refractivity contribution in [2.75, 3.05) is 18.0 Å². The van der Waals surface area contributed by atoms with E-state index in [-0.39, 0.29) is 23.1 Å². The summed E-state index contributed by atoms with van der Waals surface area (Å²) >= 11 is 0. The smallest absolute Gasteiger partial charge is 0.354 e. The lowest BCUT2D eigenvalue weighted by Crippen LogP contribution is -2.39. The number of carboxylic acid groups (broad SMARTS) is 1. The third-order valence-corrected chi connectivity index (χ3v) is 3.47. The van der Waals surface area contributed by atoms with E-state index in [1.165, 1.54) is 0 Å². The number of hydrogen-bond acceptors (Lipinski definition) is 6. The van der Waals surface area contributed by atoms with Crippen LogP contribution in [0, 0.1) is 16.0 Å². The molecule has 1 saturated heterocycles. The summed E-state index contributed by atoms with van der Waals surface area (Å²) in [6.07, 6.45) is 0.928. The van der Waals surface area contributed by atoms with Gasteiger partial charge in [-0.25, -0.2) is 9.78 Å². The lowest BCUT2D eigenvalue weighted by molar-refractivity contribution is -0.384. The lowest BCUT2D eigenvalue weighted by atomic mass is 9.96. The van der Waals surface area contributed by atoms with Gasteiger partial charge in [0.05, 0.1) is 4.92 Å². The second-order valence-electron chi connectivity index (χ2n) is 4.77. The molecule has 0 radical (unpaired) electrons. The zero-order valence-corrected chi connectivity index (χ0v) is 11.1. The average Bonchev–Trinajstić information content (AvgIpc) is 2.46. The van der Waals surface area contributed by atoms with E-state index in [1.54, 1.807) is 4.90 Å². The largest absolute Gasteiger partial charge is 0.477 e. The average molecular weight is 294 g/mol. The zero-order chi connectivity index (χ0) is 15.6. The molecule has 1 aliphatic heterocycles. The number of aromatic carboxylic acids is 1. The van der Waals surface area contributed by atoms with E-state index < -0.39 is 16.8 Å². The Morgan fingerprint density at radius 2 is 2.00 bits per heavy atom. The first kappa shape index (κ1) is 14.7. The molecular weight excluding hydrogens is 280 g/mol. The van der Waals surface area contributed by atoms with Crippen LogP contribution in [0.25, 0.3) is 0 Å². The van der Waals surface area contributed by atoms with Gasteiger partial charge >= 0.3 is 11.7 Å². The molecule has 1 aromatic heterocycles. The number of hydrogen-bond donors (Lipinski definition) is 2. The van der Waals surface area contributed by atoms with Gasteiger partial charge in [0.1, 0.15) is 0 Å². The molecule has 21 heavy (non-hydrogen) atoms. The molecule has 0 saturated carbocycles. The van der Waals surface area contributed by atoms with Gasteiger partial charge in [-0.1, -0.05) is 0 Å². The van der Waals surface area contributed by atoms with Crippen LogP contribution in [0.5, 0.6) is 0 Å². The Bertz CT molecular complexity index is 595. The van der Waals surface area contributed by atoms with Crippen molar-refractivity contribution in [2.24, 2.45) is 11.7 Å². The lowest BCUT2D eigenvalue weighted by Gasteiger charge is -2.31. The maximum absolute atomic E-state index is 11.1. The predicted molar refractivity (Wildman–Crippen MR) is 72.0 cm³/mol. The van der Waals surface area contributed by atoms with E-state index in [1.807, 2.05) is 0 Å². The zero-order valence-electron chi connectivity index (χ0n) is 11.1. The third kappa shape index (κ3) is 3.07. The summed E-state index contributed by atoms with van der Waals surface area (Å²) < 4.78 is 0. The number of carbonyl (C=O) groups excluding carboxylic acids is 1. The minimum atomic E-state index is -1.25. The van der Waals surface area contributed by atoms with Crippen LogP contribution >= 0.6 is 0 Å². The molecule has 0 spiro atoms. The first-order chi connectivity index (χ1) is 9.90. The number of amides is 1. The number of piperidine rings is 1. The minimum Gasteiger partial charge on any atom is -0.477 e. The van der Waals surface area contributed by atoms with Crippen LogP contribution in [-0.4, -0.2) is 40.0 Å². The fourth-order valence-corrected chi connectivity index (χ4v) is 2.31. The van der Waals surface area contributed by atoms with Crippen molar-refractivity contribution in [3.05, 3.63) is 27.9 Å². The Labute approximate surface area is 119 Å². The molecule has 9 heteroatoms. The van der Waals surface area contributed by atoms with Crippen LogP contribution in [0.2, 0.25) is 0 Å². The first-order valence-corrected chi connectivity index (χ1v) is 6.33. The molecule has 9 nitrogen and oxygen atoms in total. The van der Waals surface area contributed by atoms with Gasteiger partial charge in [-0.3, -0.25) is 14.9 Å². The Hall–Kier alpha value is -2.71. The molecule has 1 amide bonds. The van der Waals surface area contributed by atoms with Crippen molar-refractivity contribution in [3.63, 3.8) is 0 Å². The van der Waals surface area contributed by atoms with Crippen molar-refractivity contribution >= 4 is 23.4 Å². The van der Waals surface area contributed by atoms with Crippen LogP contribution in [0.1, 0.15) is 23.3 Å². The highest BCUT2D eigenvalue weighted by atomic mass is 16.6.